The summed E-state index contributed by atoms with van der Waals surface area (Å²) in [6, 6.07) is 0. The van der Waals surface area contributed by atoms with E-state index in [-0.39, 0.29) is 13.0 Å². The summed E-state index contributed by atoms with van der Waals surface area (Å²) in [4.78, 5) is 22.5. The van der Waals surface area contributed by atoms with Crippen molar-refractivity contribution in [2.45, 2.75) is 51.7 Å². The second-order valence-corrected chi connectivity index (χ2v) is 5.85. The molecule has 0 saturated carbocycles. The van der Waals surface area contributed by atoms with E-state index in [1.807, 2.05) is 6.92 Å². The molecule has 1 amide bonds. The summed E-state index contributed by atoms with van der Waals surface area (Å²) >= 11 is 0. The number of amides is 1. The highest BCUT2D eigenvalue weighted by molar-refractivity contribution is 7.42. The molecule has 0 aromatic rings. The molecule has 2 atom stereocenters. The predicted octanol–water partition coefficient (Wildman–Crippen LogP) is 1.99. The van der Waals surface area contributed by atoms with E-state index in [9.17, 15) is 19.3 Å². The maximum absolute atomic E-state index is 12.1. The zero-order valence-electron chi connectivity index (χ0n) is 11.1. The van der Waals surface area contributed by atoms with Gasteiger partial charge in [-0.2, -0.15) is 0 Å². The van der Waals surface area contributed by atoms with E-state index < -0.39 is 25.2 Å². The molecule has 106 valence electrons. The van der Waals surface area contributed by atoms with Gasteiger partial charge in [-0.25, -0.2) is 4.79 Å². The van der Waals surface area contributed by atoms with Crippen molar-refractivity contribution in [3.8, 4) is 0 Å². The van der Waals surface area contributed by atoms with Crippen LogP contribution in [0.5, 0.6) is 0 Å². The van der Waals surface area contributed by atoms with Crippen LogP contribution in [0.25, 0.3) is 0 Å². The van der Waals surface area contributed by atoms with Crippen molar-refractivity contribution in [2.75, 3.05) is 6.61 Å². The van der Waals surface area contributed by atoms with Gasteiger partial charge in [0.2, 0.25) is 19.2 Å². The van der Waals surface area contributed by atoms with Crippen molar-refractivity contribution >= 4 is 19.9 Å². The number of nitrogens with one attached hydrogen (secondary N) is 1. The molecule has 0 aliphatic rings. The van der Waals surface area contributed by atoms with Crippen molar-refractivity contribution in [3.05, 3.63) is 0 Å². The maximum atomic E-state index is 12.1. The van der Waals surface area contributed by atoms with E-state index in [2.05, 4.69) is 5.32 Å². The number of carbonyl (C=O) groups excluding carboxylic acids is 1. The molecule has 0 spiro atoms. The molecular weight excluding hydrogens is 257 g/mol. The van der Waals surface area contributed by atoms with Crippen LogP contribution >= 0.6 is 8.03 Å². The number of carboxylic acid groups (broad SMARTS) is 1. The molecule has 2 N–H and O–H groups in total. The van der Waals surface area contributed by atoms with Gasteiger partial charge in [-0.15, -0.1) is 0 Å². The minimum absolute atomic E-state index is 0.0891. The first-order valence-electron chi connectivity index (χ1n) is 6.10. The second kappa shape index (κ2) is 8.27. The van der Waals surface area contributed by atoms with Crippen LogP contribution in [-0.4, -0.2) is 28.9 Å². The molecule has 0 aromatic heterocycles. The highest BCUT2D eigenvalue weighted by atomic mass is 31.1. The second-order valence-electron chi connectivity index (χ2n) is 4.13. The molecule has 0 heterocycles. The summed E-state index contributed by atoms with van der Waals surface area (Å²) in [5.41, 5.74) is 0. The van der Waals surface area contributed by atoms with Gasteiger partial charge in [0, 0.05) is 6.92 Å². The summed E-state index contributed by atoms with van der Waals surface area (Å²) in [7, 11) is -2.90. The topological polar surface area (TPSA) is 92.7 Å². The summed E-state index contributed by atoms with van der Waals surface area (Å²) in [6.45, 7) is 5.16. The standard InChI is InChI=1S/C11H22NO5P/c1-4-6-8-17-18(16)11(7-5-2,10(14)15)12-9(3)13/h18H,4-8H2,1-3H3,(H,12,13)(H,14,15). The van der Waals surface area contributed by atoms with Gasteiger partial charge >= 0.3 is 5.97 Å². The molecule has 6 nitrogen and oxygen atoms in total. The van der Waals surface area contributed by atoms with E-state index in [0.29, 0.717) is 12.8 Å². The van der Waals surface area contributed by atoms with E-state index in [1.165, 1.54) is 6.92 Å². The highest BCUT2D eigenvalue weighted by Crippen LogP contribution is 2.42. The zero-order valence-corrected chi connectivity index (χ0v) is 12.1. The number of unbranched alkanes of at least 4 members (excludes halogenated alkanes) is 1. The first-order valence-corrected chi connectivity index (χ1v) is 7.41. The minimum Gasteiger partial charge on any atom is -0.479 e. The number of rotatable bonds is 9. The lowest BCUT2D eigenvalue weighted by atomic mass is 10.1. The highest BCUT2D eigenvalue weighted by Gasteiger charge is 2.45. The number of carboxylic acids is 1. The Morgan fingerprint density at radius 3 is 2.33 bits per heavy atom. The number of carbonyl (C=O) groups is 2. The molecule has 0 fully saturated rings. The molecule has 7 heteroatoms. The Morgan fingerprint density at radius 2 is 1.94 bits per heavy atom. The Kier molecular flexibility index (Phi) is 7.87. The number of hydrogen-bond acceptors (Lipinski definition) is 4. The lowest BCUT2D eigenvalue weighted by Crippen LogP contribution is -2.51. The van der Waals surface area contributed by atoms with Crippen LogP contribution in [0.3, 0.4) is 0 Å². The third-order valence-corrected chi connectivity index (χ3v) is 4.21. The third-order valence-electron chi connectivity index (χ3n) is 2.46. The summed E-state index contributed by atoms with van der Waals surface area (Å²) in [5.74, 6) is -1.83. The molecule has 2 unspecified atom stereocenters. The molecule has 0 saturated heterocycles. The van der Waals surface area contributed by atoms with Crippen molar-refractivity contribution in [1.82, 2.24) is 5.32 Å². The van der Waals surface area contributed by atoms with Gasteiger partial charge in [0.25, 0.3) is 0 Å². The Morgan fingerprint density at radius 1 is 1.33 bits per heavy atom. The van der Waals surface area contributed by atoms with Gasteiger partial charge in [-0.3, -0.25) is 9.36 Å². The lowest BCUT2D eigenvalue weighted by molar-refractivity contribution is -0.144. The van der Waals surface area contributed by atoms with E-state index in [4.69, 9.17) is 4.52 Å². The van der Waals surface area contributed by atoms with Gasteiger partial charge in [0.05, 0.1) is 6.61 Å². The van der Waals surface area contributed by atoms with Crippen LogP contribution in [0, 0.1) is 0 Å². The van der Waals surface area contributed by atoms with Gasteiger partial charge in [-0.1, -0.05) is 26.7 Å². The Balaban J connectivity index is 4.96. The van der Waals surface area contributed by atoms with Crippen molar-refractivity contribution in [1.29, 1.82) is 0 Å². The van der Waals surface area contributed by atoms with Gasteiger partial charge < -0.3 is 14.9 Å². The average Bonchev–Trinajstić information content (AvgIpc) is 2.27. The van der Waals surface area contributed by atoms with Crippen molar-refractivity contribution in [3.63, 3.8) is 0 Å². The Bertz CT molecular complexity index is 321. The number of hydrogen-bond donors (Lipinski definition) is 2. The first-order chi connectivity index (χ1) is 8.40. The molecule has 0 radical (unpaired) electrons. The zero-order chi connectivity index (χ0) is 14.2. The van der Waals surface area contributed by atoms with Crippen LogP contribution in [-0.2, 0) is 18.7 Å². The molecule has 0 rings (SSSR count). The van der Waals surface area contributed by atoms with Gasteiger partial charge in [0.1, 0.15) is 0 Å². The van der Waals surface area contributed by atoms with Crippen molar-refractivity contribution in [2.24, 2.45) is 0 Å². The van der Waals surface area contributed by atoms with Crippen LogP contribution in [0.1, 0.15) is 46.5 Å². The quantitative estimate of drug-likeness (QED) is 0.497. The summed E-state index contributed by atoms with van der Waals surface area (Å²) in [5, 5.41) is 9.77. The van der Waals surface area contributed by atoms with Crippen LogP contribution in [0.2, 0.25) is 0 Å². The molecule has 0 bridgehead atoms. The Labute approximate surface area is 108 Å². The van der Waals surface area contributed by atoms with Gasteiger partial charge in [-0.05, 0) is 12.8 Å². The SMILES string of the molecule is CCCCO[PH](=O)C(CCC)(NC(C)=O)C(=O)O. The van der Waals surface area contributed by atoms with E-state index in [1.54, 1.807) is 6.92 Å². The minimum atomic E-state index is -2.90. The smallest absolute Gasteiger partial charge is 0.339 e. The predicted molar refractivity (Wildman–Crippen MR) is 69.0 cm³/mol. The summed E-state index contributed by atoms with van der Waals surface area (Å²) < 4.78 is 17.2. The fourth-order valence-corrected chi connectivity index (χ4v) is 3.05. The van der Waals surface area contributed by atoms with Crippen LogP contribution in [0.4, 0.5) is 0 Å². The van der Waals surface area contributed by atoms with Crippen LogP contribution < -0.4 is 5.32 Å². The average molecular weight is 279 g/mol. The molecular formula is C11H22NO5P. The fraction of sp³-hybridized carbons (Fsp3) is 0.818. The van der Waals surface area contributed by atoms with E-state index in [0.717, 1.165) is 6.42 Å². The molecule has 18 heavy (non-hydrogen) atoms. The number of aliphatic carboxylic acids is 1. The normalized spacial score (nSPS) is 15.7. The lowest BCUT2D eigenvalue weighted by Gasteiger charge is -2.28. The monoisotopic (exact) mass is 279 g/mol. The Hall–Kier alpha value is -0.870. The maximum Gasteiger partial charge on any atom is 0.339 e. The largest absolute Gasteiger partial charge is 0.479 e. The third kappa shape index (κ3) is 4.78. The van der Waals surface area contributed by atoms with Crippen LogP contribution in [0.15, 0.2) is 0 Å². The first kappa shape index (κ1) is 17.1. The molecule has 0 aliphatic heterocycles. The summed E-state index contributed by atoms with van der Waals surface area (Å²) in [6.07, 6.45) is 2.15. The van der Waals surface area contributed by atoms with Crippen molar-refractivity contribution < 1.29 is 23.8 Å². The molecule has 0 aromatic carbocycles. The van der Waals surface area contributed by atoms with E-state index >= 15 is 0 Å². The molecule has 0 aliphatic carbocycles. The fourth-order valence-electron chi connectivity index (χ4n) is 1.57. The van der Waals surface area contributed by atoms with Gasteiger partial charge in [0.15, 0.2) is 0 Å².